The first-order chi connectivity index (χ1) is 15.7. The number of amides is 1. The van der Waals surface area contributed by atoms with Crippen LogP contribution in [0.2, 0.25) is 0 Å². The predicted molar refractivity (Wildman–Crippen MR) is 124 cm³/mol. The van der Waals surface area contributed by atoms with Crippen molar-refractivity contribution in [3.63, 3.8) is 0 Å². The second-order valence-corrected chi connectivity index (χ2v) is 13.2. The van der Waals surface area contributed by atoms with Gasteiger partial charge in [0.1, 0.15) is 0 Å². The van der Waals surface area contributed by atoms with Crippen LogP contribution < -0.4 is 5.32 Å². The molecule has 4 aliphatic carbocycles. The van der Waals surface area contributed by atoms with Crippen molar-refractivity contribution in [2.45, 2.75) is 67.6 Å². The number of hydrogen-bond donors (Lipinski definition) is 1. The van der Waals surface area contributed by atoms with Gasteiger partial charge in [0.05, 0.1) is 10.3 Å². The number of benzene rings is 1. The number of alkyl halides is 1. The van der Waals surface area contributed by atoms with Gasteiger partial charge in [0.15, 0.2) is 6.61 Å². The first-order valence-corrected chi connectivity index (χ1v) is 13.8. The molecule has 0 radical (unpaired) electrons. The summed E-state index contributed by atoms with van der Waals surface area (Å²) in [6, 6.07) is 6.23. The van der Waals surface area contributed by atoms with Crippen LogP contribution in [-0.4, -0.2) is 49.2 Å². The SMILES string of the molecule is O=C(COC(=O)C12C[C@H]3C[C@@H](CC(Cl)(C3)C1)C2)Nc1cccc(S(=O)(=O)N2CCCCC2)c1. The number of esters is 1. The van der Waals surface area contributed by atoms with Crippen LogP contribution in [0.15, 0.2) is 29.2 Å². The van der Waals surface area contributed by atoms with Crippen LogP contribution in [0.3, 0.4) is 0 Å². The second kappa shape index (κ2) is 8.54. The molecule has 0 unspecified atom stereocenters. The largest absolute Gasteiger partial charge is 0.455 e. The zero-order chi connectivity index (χ0) is 23.3. The first kappa shape index (κ1) is 23.1. The van der Waals surface area contributed by atoms with Gasteiger partial charge >= 0.3 is 5.97 Å². The molecule has 5 fully saturated rings. The smallest absolute Gasteiger partial charge is 0.312 e. The molecule has 5 aliphatic rings. The summed E-state index contributed by atoms with van der Waals surface area (Å²) in [6.07, 6.45) is 8.06. The minimum absolute atomic E-state index is 0.153. The summed E-state index contributed by atoms with van der Waals surface area (Å²) in [5.41, 5.74) is -0.196. The Morgan fingerprint density at radius 1 is 1.09 bits per heavy atom. The monoisotopic (exact) mass is 494 g/mol. The molecule has 1 N–H and O–H groups in total. The average molecular weight is 495 g/mol. The van der Waals surface area contributed by atoms with Crippen LogP contribution in [0.4, 0.5) is 5.69 Å². The Bertz CT molecular complexity index is 1040. The van der Waals surface area contributed by atoms with E-state index in [1.807, 2.05) is 0 Å². The Morgan fingerprint density at radius 2 is 1.79 bits per heavy atom. The summed E-state index contributed by atoms with van der Waals surface area (Å²) >= 11 is 6.80. The normalized spacial score (nSPS) is 33.6. The van der Waals surface area contributed by atoms with Crippen LogP contribution >= 0.6 is 11.6 Å². The average Bonchev–Trinajstić information content (AvgIpc) is 2.76. The minimum atomic E-state index is -3.59. The van der Waals surface area contributed by atoms with E-state index in [9.17, 15) is 18.0 Å². The molecule has 33 heavy (non-hydrogen) atoms. The van der Waals surface area contributed by atoms with Crippen LogP contribution in [0.25, 0.3) is 0 Å². The number of hydrogen-bond acceptors (Lipinski definition) is 5. The fourth-order valence-electron chi connectivity index (χ4n) is 6.86. The molecule has 2 atom stereocenters. The van der Waals surface area contributed by atoms with Gasteiger partial charge in [-0.15, -0.1) is 11.6 Å². The Hall–Kier alpha value is -1.64. The van der Waals surface area contributed by atoms with Crippen LogP contribution in [0.1, 0.15) is 57.8 Å². The molecule has 1 heterocycles. The number of carbonyl (C=O) groups is 2. The number of sulfonamides is 1. The molecule has 4 saturated carbocycles. The van der Waals surface area contributed by atoms with E-state index in [0.29, 0.717) is 37.0 Å². The van der Waals surface area contributed by atoms with Crippen molar-refractivity contribution in [3.8, 4) is 0 Å². The van der Waals surface area contributed by atoms with Gasteiger partial charge in [-0.1, -0.05) is 12.5 Å². The second-order valence-electron chi connectivity index (χ2n) is 10.5. The van der Waals surface area contributed by atoms with Gasteiger partial charge in [0.2, 0.25) is 10.0 Å². The maximum Gasteiger partial charge on any atom is 0.312 e. The summed E-state index contributed by atoms with van der Waals surface area (Å²) in [4.78, 5) is 25.4. The van der Waals surface area contributed by atoms with E-state index in [4.69, 9.17) is 16.3 Å². The minimum Gasteiger partial charge on any atom is -0.455 e. The summed E-state index contributed by atoms with van der Waals surface area (Å²) in [6.45, 7) is 0.637. The molecule has 0 aromatic heterocycles. The van der Waals surface area contributed by atoms with Crippen LogP contribution in [0, 0.1) is 17.3 Å². The van der Waals surface area contributed by atoms with Crippen molar-refractivity contribution >= 4 is 39.2 Å². The molecule has 1 aromatic rings. The maximum atomic E-state index is 13.0. The molecular formula is C24H31ClN2O5S. The molecule has 1 saturated heterocycles. The lowest BCUT2D eigenvalue weighted by molar-refractivity contribution is -0.171. The molecule has 0 spiro atoms. The number of carbonyl (C=O) groups excluding carboxylic acids is 2. The van der Waals surface area contributed by atoms with Crippen LogP contribution in [0.5, 0.6) is 0 Å². The van der Waals surface area contributed by atoms with E-state index in [1.165, 1.54) is 16.4 Å². The predicted octanol–water partition coefficient (Wildman–Crippen LogP) is 3.92. The molecule has 6 rings (SSSR count). The number of nitrogens with zero attached hydrogens (tertiary/aromatic N) is 1. The molecular weight excluding hydrogens is 464 g/mol. The van der Waals surface area contributed by atoms with Gasteiger partial charge in [0.25, 0.3) is 5.91 Å². The van der Waals surface area contributed by atoms with E-state index in [1.54, 1.807) is 12.1 Å². The molecule has 180 valence electrons. The highest BCUT2D eigenvalue weighted by Gasteiger charge is 2.60. The van der Waals surface area contributed by atoms with Crippen LogP contribution in [-0.2, 0) is 24.3 Å². The number of halogens is 1. The summed E-state index contributed by atoms with van der Waals surface area (Å²) in [5, 5.41) is 2.67. The van der Waals surface area contributed by atoms with Gasteiger partial charge < -0.3 is 10.1 Å². The Kier molecular flexibility index (Phi) is 5.98. The summed E-state index contributed by atoms with van der Waals surface area (Å²) in [5.74, 6) is 0.129. The Labute approximate surface area is 200 Å². The fraction of sp³-hybridized carbons (Fsp3) is 0.667. The third-order valence-corrected chi connectivity index (χ3v) is 10.2. The van der Waals surface area contributed by atoms with Crippen molar-refractivity contribution in [2.24, 2.45) is 17.3 Å². The highest BCUT2D eigenvalue weighted by atomic mass is 35.5. The van der Waals surface area contributed by atoms with Crippen molar-refractivity contribution in [3.05, 3.63) is 24.3 Å². The number of nitrogens with one attached hydrogen (secondary N) is 1. The molecule has 4 bridgehead atoms. The lowest BCUT2D eigenvalue weighted by Crippen LogP contribution is -2.56. The summed E-state index contributed by atoms with van der Waals surface area (Å²) in [7, 11) is -3.59. The number of anilines is 1. The van der Waals surface area contributed by atoms with Crippen molar-refractivity contribution in [2.75, 3.05) is 25.0 Å². The highest BCUT2D eigenvalue weighted by Crippen LogP contribution is 2.64. The number of piperidine rings is 1. The van der Waals surface area contributed by atoms with Crippen molar-refractivity contribution in [1.82, 2.24) is 4.31 Å². The van der Waals surface area contributed by atoms with E-state index < -0.39 is 28.0 Å². The highest BCUT2D eigenvalue weighted by molar-refractivity contribution is 7.89. The van der Waals surface area contributed by atoms with E-state index in [0.717, 1.165) is 51.4 Å². The number of ether oxygens (including phenoxy) is 1. The fourth-order valence-corrected chi connectivity index (χ4v) is 9.12. The molecule has 9 heteroatoms. The Morgan fingerprint density at radius 3 is 2.45 bits per heavy atom. The number of rotatable bonds is 6. The van der Waals surface area contributed by atoms with E-state index in [2.05, 4.69) is 5.32 Å². The third kappa shape index (κ3) is 4.54. The topological polar surface area (TPSA) is 92.8 Å². The van der Waals surface area contributed by atoms with E-state index in [-0.39, 0.29) is 15.7 Å². The van der Waals surface area contributed by atoms with Crippen molar-refractivity contribution in [1.29, 1.82) is 0 Å². The quantitative estimate of drug-likeness (QED) is 0.478. The first-order valence-electron chi connectivity index (χ1n) is 11.9. The van der Waals surface area contributed by atoms with Gasteiger partial charge in [-0.05, 0) is 81.4 Å². The molecule has 1 amide bonds. The van der Waals surface area contributed by atoms with Gasteiger partial charge in [-0.3, -0.25) is 9.59 Å². The van der Waals surface area contributed by atoms with Gasteiger partial charge in [0, 0.05) is 23.7 Å². The zero-order valence-corrected chi connectivity index (χ0v) is 20.3. The molecule has 7 nitrogen and oxygen atoms in total. The molecule has 1 aliphatic heterocycles. The standard InChI is InChI=1S/C24H31ClN2O5S/c25-24-13-17-9-18(14-24)12-23(11-17,16-24)22(29)32-15-21(28)26-19-5-4-6-20(10-19)33(30,31)27-7-2-1-3-8-27/h4-6,10,17-18H,1-3,7-9,11-16H2,(H,26,28)/t17-,18-,23?,24?/m1/s1. The zero-order valence-electron chi connectivity index (χ0n) is 18.7. The van der Waals surface area contributed by atoms with Gasteiger partial charge in [-0.2, -0.15) is 4.31 Å². The third-order valence-electron chi connectivity index (χ3n) is 7.83. The lowest BCUT2D eigenvalue weighted by Gasteiger charge is -2.58. The lowest BCUT2D eigenvalue weighted by atomic mass is 9.49. The molecule has 1 aromatic carbocycles. The summed E-state index contributed by atoms with van der Waals surface area (Å²) < 4.78 is 32.8. The Balaban J connectivity index is 1.20. The van der Waals surface area contributed by atoms with Crippen molar-refractivity contribution < 1.29 is 22.7 Å². The van der Waals surface area contributed by atoms with Gasteiger partial charge in [-0.25, -0.2) is 8.42 Å². The maximum absolute atomic E-state index is 13.0. The van der Waals surface area contributed by atoms with E-state index >= 15 is 0 Å².